The van der Waals surface area contributed by atoms with E-state index in [0.717, 1.165) is 31.4 Å². The fourth-order valence-corrected chi connectivity index (χ4v) is 1.92. The molecule has 23 heavy (non-hydrogen) atoms. The second-order valence-corrected chi connectivity index (χ2v) is 5.21. The maximum atomic E-state index is 12.9. The van der Waals surface area contributed by atoms with Gasteiger partial charge in [-0.25, -0.2) is 8.78 Å². The highest BCUT2D eigenvalue weighted by Crippen LogP contribution is 2.16. The van der Waals surface area contributed by atoms with Crippen molar-refractivity contribution in [2.75, 3.05) is 6.61 Å². The van der Waals surface area contributed by atoms with E-state index >= 15 is 0 Å². The van der Waals surface area contributed by atoms with E-state index in [9.17, 15) is 18.4 Å². The average Bonchev–Trinajstić information content (AvgIpc) is 2.47. The van der Waals surface area contributed by atoms with Crippen molar-refractivity contribution in [3.63, 3.8) is 0 Å². The molecule has 1 aromatic rings. The lowest BCUT2D eigenvalue weighted by atomic mass is 10.2. The van der Waals surface area contributed by atoms with E-state index in [-0.39, 0.29) is 24.6 Å². The van der Waals surface area contributed by atoms with Crippen LogP contribution in [0.25, 0.3) is 0 Å². The first-order valence-electron chi connectivity index (χ1n) is 7.83. The smallest absolute Gasteiger partial charge is 0.311 e. The van der Waals surface area contributed by atoms with Crippen molar-refractivity contribution in [1.29, 1.82) is 0 Å². The highest BCUT2D eigenvalue weighted by molar-refractivity contribution is 5.72. The van der Waals surface area contributed by atoms with Crippen molar-refractivity contribution >= 4 is 11.9 Å². The van der Waals surface area contributed by atoms with Crippen LogP contribution >= 0.6 is 0 Å². The van der Waals surface area contributed by atoms with Gasteiger partial charge < -0.3 is 9.47 Å². The summed E-state index contributed by atoms with van der Waals surface area (Å²) >= 11 is 0. The summed E-state index contributed by atoms with van der Waals surface area (Å²) < 4.78 is 35.8. The fourth-order valence-electron chi connectivity index (χ4n) is 1.92. The van der Waals surface area contributed by atoms with Crippen LogP contribution in [0.5, 0.6) is 5.75 Å². The first-order valence-corrected chi connectivity index (χ1v) is 7.83. The molecule has 0 unspecified atom stereocenters. The van der Waals surface area contributed by atoms with Crippen LogP contribution in [0, 0.1) is 11.6 Å². The SMILES string of the molecule is CCCCCOC(=O)CCCCC(=O)Oc1cc(F)cc(F)c1. The molecular formula is C17H22F2O4. The number of carbonyl (C=O) groups excluding carboxylic acids is 2. The topological polar surface area (TPSA) is 52.6 Å². The van der Waals surface area contributed by atoms with E-state index in [1.807, 2.05) is 0 Å². The summed E-state index contributed by atoms with van der Waals surface area (Å²) in [5.41, 5.74) is 0. The Kier molecular flexibility index (Phi) is 8.87. The predicted octanol–water partition coefficient (Wildman–Crippen LogP) is 4.16. The molecule has 0 radical (unpaired) electrons. The minimum absolute atomic E-state index is 0.0707. The van der Waals surface area contributed by atoms with E-state index in [1.54, 1.807) is 0 Å². The molecule has 0 fully saturated rings. The summed E-state index contributed by atoms with van der Waals surface area (Å²) in [5.74, 6) is -2.65. The molecule has 1 aromatic carbocycles. The summed E-state index contributed by atoms with van der Waals surface area (Å²) in [6.07, 6.45) is 4.21. The molecule has 1 rings (SSSR count). The Labute approximate surface area is 134 Å². The number of carbonyl (C=O) groups is 2. The van der Waals surface area contributed by atoms with Crippen molar-refractivity contribution in [3.8, 4) is 5.75 Å². The second kappa shape index (κ2) is 10.7. The van der Waals surface area contributed by atoms with E-state index in [1.165, 1.54) is 0 Å². The molecular weight excluding hydrogens is 306 g/mol. The number of unbranched alkanes of at least 4 members (excludes halogenated alkanes) is 3. The normalized spacial score (nSPS) is 10.4. The van der Waals surface area contributed by atoms with Crippen LogP contribution in [0.4, 0.5) is 8.78 Å². The van der Waals surface area contributed by atoms with Crippen molar-refractivity contribution in [3.05, 3.63) is 29.8 Å². The largest absolute Gasteiger partial charge is 0.466 e. The first kappa shape index (κ1) is 19.1. The maximum absolute atomic E-state index is 12.9. The molecule has 128 valence electrons. The van der Waals surface area contributed by atoms with Gasteiger partial charge in [0.25, 0.3) is 0 Å². The summed E-state index contributed by atoms with van der Waals surface area (Å²) in [6.45, 7) is 2.50. The van der Waals surface area contributed by atoms with Gasteiger partial charge in [-0.1, -0.05) is 19.8 Å². The van der Waals surface area contributed by atoms with Gasteiger partial charge >= 0.3 is 11.9 Å². The Morgan fingerprint density at radius 1 is 0.913 bits per heavy atom. The molecule has 0 N–H and O–H groups in total. The van der Waals surface area contributed by atoms with Gasteiger partial charge in [-0.15, -0.1) is 0 Å². The van der Waals surface area contributed by atoms with Gasteiger partial charge in [0.05, 0.1) is 6.61 Å². The zero-order valence-corrected chi connectivity index (χ0v) is 13.3. The van der Waals surface area contributed by atoms with Gasteiger partial charge in [-0.2, -0.15) is 0 Å². The summed E-state index contributed by atoms with van der Waals surface area (Å²) in [6, 6.07) is 2.58. The van der Waals surface area contributed by atoms with Crippen molar-refractivity contribution in [2.24, 2.45) is 0 Å². The average molecular weight is 328 g/mol. The lowest BCUT2D eigenvalue weighted by Crippen LogP contribution is -2.09. The Balaban J connectivity index is 2.15. The van der Waals surface area contributed by atoms with Gasteiger partial charge in [-0.3, -0.25) is 9.59 Å². The predicted molar refractivity (Wildman–Crippen MR) is 80.9 cm³/mol. The highest BCUT2D eigenvalue weighted by atomic mass is 19.1. The zero-order valence-electron chi connectivity index (χ0n) is 13.3. The summed E-state index contributed by atoms with van der Waals surface area (Å²) in [4.78, 5) is 22.9. The summed E-state index contributed by atoms with van der Waals surface area (Å²) in [5, 5.41) is 0. The second-order valence-electron chi connectivity index (χ2n) is 5.21. The number of halogens is 2. The lowest BCUT2D eigenvalue weighted by molar-refractivity contribution is -0.144. The Bertz CT molecular complexity index is 497. The van der Waals surface area contributed by atoms with Gasteiger partial charge in [-0.05, 0) is 19.3 Å². The molecule has 0 atom stereocenters. The number of rotatable bonds is 10. The van der Waals surface area contributed by atoms with E-state index in [0.29, 0.717) is 25.5 Å². The third-order valence-electron chi connectivity index (χ3n) is 3.09. The van der Waals surface area contributed by atoms with Crippen LogP contribution in [0.15, 0.2) is 18.2 Å². The molecule has 0 heterocycles. The van der Waals surface area contributed by atoms with Crippen LogP contribution < -0.4 is 4.74 Å². The molecule has 4 nitrogen and oxygen atoms in total. The quantitative estimate of drug-likeness (QED) is 0.367. The molecule has 0 aliphatic heterocycles. The minimum Gasteiger partial charge on any atom is -0.466 e. The van der Waals surface area contributed by atoms with Crippen LogP contribution in [-0.2, 0) is 14.3 Å². The number of esters is 2. The Morgan fingerprint density at radius 2 is 1.52 bits per heavy atom. The summed E-state index contributed by atoms with van der Waals surface area (Å²) in [7, 11) is 0. The van der Waals surface area contributed by atoms with Crippen LogP contribution in [-0.4, -0.2) is 18.5 Å². The molecule has 0 aromatic heterocycles. The van der Waals surface area contributed by atoms with Crippen LogP contribution in [0.2, 0.25) is 0 Å². The standard InChI is InChI=1S/C17H22F2O4/c1-2-3-6-9-22-16(20)7-4-5-8-17(21)23-15-11-13(18)10-14(19)12-15/h10-12H,2-9H2,1H3. The van der Waals surface area contributed by atoms with Gasteiger partial charge in [0, 0.05) is 31.0 Å². The van der Waals surface area contributed by atoms with E-state index < -0.39 is 17.6 Å². The van der Waals surface area contributed by atoms with Gasteiger partial charge in [0.15, 0.2) is 0 Å². The fraction of sp³-hybridized carbons (Fsp3) is 0.529. The molecule has 0 saturated heterocycles. The molecule has 0 bridgehead atoms. The molecule has 0 aliphatic carbocycles. The molecule has 6 heteroatoms. The Morgan fingerprint density at radius 3 is 2.13 bits per heavy atom. The van der Waals surface area contributed by atoms with E-state index in [4.69, 9.17) is 9.47 Å². The molecule has 0 amide bonds. The van der Waals surface area contributed by atoms with Gasteiger partial charge in [0.1, 0.15) is 17.4 Å². The number of hydrogen-bond donors (Lipinski definition) is 0. The lowest BCUT2D eigenvalue weighted by Gasteiger charge is -2.05. The van der Waals surface area contributed by atoms with Crippen LogP contribution in [0.3, 0.4) is 0 Å². The molecule has 0 spiro atoms. The maximum Gasteiger partial charge on any atom is 0.311 e. The highest BCUT2D eigenvalue weighted by Gasteiger charge is 2.09. The van der Waals surface area contributed by atoms with Gasteiger partial charge in [0.2, 0.25) is 0 Å². The first-order chi connectivity index (χ1) is 11.0. The minimum atomic E-state index is -0.807. The van der Waals surface area contributed by atoms with Crippen LogP contribution in [0.1, 0.15) is 51.9 Å². The third kappa shape index (κ3) is 8.90. The van der Waals surface area contributed by atoms with Crippen molar-refractivity contribution in [1.82, 2.24) is 0 Å². The number of ether oxygens (including phenoxy) is 2. The zero-order chi connectivity index (χ0) is 17.1. The molecule has 0 saturated carbocycles. The number of benzene rings is 1. The molecule has 0 aliphatic rings. The van der Waals surface area contributed by atoms with Crippen molar-refractivity contribution < 1.29 is 27.8 Å². The van der Waals surface area contributed by atoms with Crippen molar-refractivity contribution in [2.45, 2.75) is 51.9 Å². The monoisotopic (exact) mass is 328 g/mol. The Hall–Kier alpha value is -1.98. The third-order valence-corrected chi connectivity index (χ3v) is 3.09. The van der Waals surface area contributed by atoms with E-state index in [2.05, 4.69) is 6.92 Å². The number of hydrogen-bond acceptors (Lipinski definition) is 4.